The third-order valence-corrected chi connectivity index (χ3v) is 4.14. The molecule has 21 heavy (non-hydrogen) atoms. The van der Waals surface area contributed by atoms with Crippen molar-refractivity contribution in [3.05, 3.63) is 27.4 Å². The molecule has 0 saturated carbocycles. The van der Waals surface area contributed by atoms with Crippen LogP contribution in [-0.2, 0) is 22.5 Å². The molecule has 116 valence electrons. The largest absolute Gasteiger partial charge is 0.481 e. The summed E-state index contributed by atoms with van der Waals surface area (Å²) in [6.07, 6.45) is 2.36. The van der Waals surface area contributed by atoms with Crippen LogP contribution in [0.3, 0.4) is 0 Å². The Balaban J connectivity index is 2.25. The molecular weight excluding hydrogens is 272 g/mol. The zero-order chi connectivity index (χ0) is 15.4. The van der Waals surface area contributed by atoms with Crippen LogP contribution < -0.4 is 5.69 Å². The number of carboxylic acid groups (broad SMARTS) is 1. The molecular formula is C15H22N2O4. The lowest BCUT2D eigenvalue weighted by Crippen LogP contribution is -2.32. The van der Waals surface area contributed by atoms with Crippen molar-refractivity contribution in [2.45, 2.75) is 46.1 Å². The highest BCUT2D eigenvalue weighted by atomic mass is 16.5. The lowest BCUT2D eigenvalue weighted by molar-refractivity contribution is -0.136. The summed E-state index contributed by atoms with van der Waals surface area (Å²) in [7, 11) is 0. The maximum Gasteiger partial charge on any atom is 0.347 e. The van der Waals surface area contributed by atoms with Gasteiger partial charge >= 0.3 is 11.7 Å². The van der Waals surface area contributed by atoms with Gasteiger partial charge in [-0.1, -0.05) is 0 Å². The van der Waals surface area contributed by atoms with Crippen LogP contribution in [-0.4, -0.2) is 33.8 Å². The van der Waals surface area contributed by atoms with Crippen LogP contribution in [0.25, 0.3) is 0 Å². The first kappa shape index (κ1) is 15.7. The van der Waals surface area contributed by atoms with Gasteiger partial charge in [-0.15, -0.1) is 0 Å². The van der Waals surface area contributed by atoms with E-state index in [2.05, 4.69) is 4.98 Å². The topological polar surface area (TPSA) is 81.4 Å². The Kier molecular flexibility index (Phi) is 5.12. The molecule has 0 unspecified atom stereocenters. The summed E-state index contributed by atoms with van der Waals surface area (Å²) in [6.45, 7) is 5.77. The van der Waals surface area contributed by atoms with Gasteiger partial charge in [-0.25, -0.2) is 4.79 Å². The van der Waals surface area contributed by atoms with Crippen LogP contribution in [0.5, 0.6) is 0 Å². The molecule has 2 heterocycles. The third kappa shape index (κ3) is 3.91. The van der Waals surface area contributed by atoms with Crippen molar-refractivity contribution in [2.75, 3.05) is 13.2 Å². The summed E-state index contributed by atoms with van der Waals surface area (Å²) in [4.78, 5) is 27.0. The summed E-state index contributed by atoms with van der Waals surface area (Å²) in [5.74, 6) is -0.414. The average molecular weight is 294 g/mol. The molecule has 1 N–H and O–H groups in total. The molecule has 6 nitrogen and oxygen atoms in total. The van der Waals surface area contributed by atoms with Gasteiger partial charge in [0.2, 0.25) is 0 Å². The van der Waals surface area contributed by atoms with Crippen LogP contribution in [0.15, 0.2) is 4.79 Å². The molecule has 1 aromatic heterocycles. The lowest BCUT2D eigenvalue weighted by atomic mass is 9.99. The zero-order valence-electron chi connectivity index (χ0n) is 12.6. The molecule has 2 rings (SSSR count). The molecule has 1 aromatic rings. The maximum atomic E-state index is 12.1. The molecule has 0 bridgehead atoms. The van der Waals surface area contributed by atoms with Crippen LogP contribution in [0.2, 0.25) is 0 Å². The molecule has 0 spiro atoms. The van der Waals surface area contributed by atoms with Crippen molar-refractivity contribution < 1.29 is 14.6 Å². The number of aliphatic carboxylic acids is 1. The highest BCUT2D eigenvalue weighted by Gasteiger charge is 2.18. The second kappa shape index (κ2) is 6.85. The van der Waals surface area contributed by atoms with E-state index in [-0.39, 0.29) is 12.1 Å². The monoisotopic (exact) mass is 294 g/mol. The minimum Gasteiger partial charge on any atom is -0.481 e. The van der Waals surface area contributed by atoms with E-state index in [1.54, 1.807) is 11.5 Å². The van der Waals surface area contributed by atoms with E-state index in [0.29, 0.717) is 24.6 Å². The predicted octanol–water partition coefficient (Wildman–Crippen LogP) is 1.30. The van der Waals surface area contributed by atoms with Crippen molar-refractivity contribution >= 4 is 5.97 Å². The normalized spacial score (nSPS) is 16.1. The van der Waals surface area contributed by atoms with Crippen molar-refractivity contribution in [3.8, 4) is 0 Å². The van der Waals surface area contributed by atoms with Crippen LogP contribution in [0, 0.1) is 19.8 Å². The second-order valence-electron chi connectivity index (χ2n) is 5.60. The molecule has 1 fully saturated rings. The van der Waals surface area contributed by atoms with Crippen molar-refractivity contribution in [3.63, 3.8) is 0 Å². The fraction of sp³-hybridized carbons (Fsp3) is 0.667. The van der Waals surface area contributed by atoms with Crippen LogP contribution >= 0.6 is 0 Å². The summed E-state index contributed by atoms with van der Waals surface area (Å²) in [6, 6.07) is 0. The SMILES string of the molecule is Cc1nc(=O)n(CC2CCOCC2)c(C)c1CCC(=O)O. The highest BCUT2D eigenvalue weighted by molar-refractivity contribution is 5.67. The van der Waals surface area contributed by atoms with Crippen molar-refractivity contribution in [1.29, 1.82) is 0 Å². The first-order chi connectivity index (χ1) is 9.99. The van der Waals surface area contributed by atoms with E-state index >= 15 is 0 Å². The number of carbonyl (C=O) groups is 1. The van der Waals surface area contributed by atoms with Crippen LogP contribution in [0.1, 0.15) is 36.2 Å². The molecule has 0 atom stereocenters. The van der Waals surface area contributed by atoms with E-state index in [1.807, 2.05) is 6.92 Å². The zero-order valence-corrected chi connectivity index (χ0v) is 12.6. The summed E-state index contributed by atoms with van der Waals surface area (Å²) >= 11 is 0. The molecule has 0 radical (unpaired) electrons. The Morgan fingerprint density at radius 3 is 2.67 bits per heavy atom. The molecule has 1 aliphatic rings. The van der Waals surface area contributed by atoms with E-state index in [9.17, 15) is 9.59 Å². The van der Waals surface area contributed by atoms with Gasteiger partial charge in [0, 0.05) is 37.6 Å². The van der Waals surface area contributed by atoms with E-state index in [4.69, 9.17) is 9.84 Å². The van der Waals surface area contributed by atoms with E-state index in [1.165, 1.54) is 0 Å². The van der Waals surface area contributed by atoms with Gasteiger partial charge in [-0.3, -0.25) is 9.36 Å². The Hall–Kier alpha value is -1.69. The Labute approximate surface area is 123 Å². The Morgan fingerprint density at radius 1 is 1.38 bits per heavy atom. The first-order valence-electron chi connectivity index (χ1n) is 7.35. The summed E-state index contributed by atoms with van der Waals surface area (Å²) < 4.78 is 7.03. The van der Waals surface area contributed by atoms with Crippen molar-refractivity contribution in [2.24, 2.45) is 5.92 Å². The number of nitrogens with zero attached hydrogens (tertiary/aromatic N) is 2. The predicted molar refractivity (Wildman–Crippen MR) is 77.5 cm³/mol. The minimum absolute atomic E-state index is 0.0544. The van der Waals surface area contributed by atoms with E-state index < -0.39 is 5.97 Å². The number of carboxylic acids is 1. The molecule has 6 heteroatoms. The van der Waals surface area contributed by atoms with Crippen molar-refractivity contribution in [1.82, 2.24) is 9.55 Å². The van der Waals surface area contributed by atoms with Gasteiger partial charge in [0.15, 0.2) is 0 Å². The molecule has 0 aliphatic carbocycles. The number of hydrogen-bond donors (Lipinski definition) is 1. The fourth-order valence-corrected chi connectivity index (χ4v) is 2.84. The number of rotatable bonds is 5. The first-order valence-corrected chi connectivity index (χ1v) is 7.35. The number of ether oxygens (including phenoxy) is 1. The van der Waals surface area contributed by atoms with Gasteiger partial charge in [0.05, 0.1) is 0 Å². The molecule has 1 aliphatic heterocycles. The lowest BCUT2D eigenvalue weighted by Gasteiger charge is -2.24. The standard InChI is InChI=1S/C15H22N2O4/c1-10-13(3-4-14(18)19)11(2)17(15(20)16-10)9-12-5-7-21-8-6-12/h12H,3-9H2,1-2H3,(H,18,19). The van der Waals surface area contributed by atoms with Gasteiger partial charge in [0.1, 0.15) is 0 Å². The quantitative estimate of drug-likeness (QED) is 0.885. The molecule has 0 aromatic carbocycles. The maximum absolute atomic E-state index is 12.1. The van der Waals surface area contributed by atoms with Gasteiger partial charge in [-0.05, 0) is 44.6 Å². The average Bonchev–Trinajstić information content (AvgIpc) is 2.44. The number of aryl methyl sites for hydroxylation is 1. The second-order valence-corrected chi connectivity index (χ2v) is 5.60. The third-order valence-electron chi connectivity index (χ3n) is 4.14. The Bertz CT molecular complexity index is 574. The van der Waals surface area contributed by atoms with Gasteiger partial charge < -0.3 is 9.84 Å². The molecule has 0 amide bonds. The number of aromatic nitrogens is 2. The van der Waals surface area contributed by atoms with Crippen LogP contribution in [0.4, 0.5) is 0 Å². The minimum atomic E-state index is -0.837. The summed E-state index contributed by atoms with van der Waals surface area (Å²) in [5, 5.41) is 8.84. The smallest absolute Gasteiger partial charge is 0.347 e. The van der Waals surface area contributed by atoms with Gasteiger partial charge in [0.25, 0.3) is 0 Å². The van der Waals surface area contributed by atoms with E-state index in [0.717, 1.165) is 37.3 Å². The fourth-order valence-electron chi connectivity index (χ4n) is 2.84. The Morgan fingerprint density at radius 2 is 2.05 bits per heavy atom. The summed E-state index contributed by atoms with van der Waals surface area (Å²) in [5.41, 5.74) is 2.13. The van der Waals surface area contributed by atoms with Gasteiger partial charge in [-0.2, -0.15) is 4.98 Å². The number of hydrogen-bond acceptors (Lipinski definition) is 4. The highest BCUT2D eigenvalue weighted by Crippen LogP contribution is 2.19. The molecule has 1 saturated heterocycles.